The first-order valence-electron chi connectivity index (χ1n) is 4.72. The van der Waals surface area contributed by atoms with Gasteiger partial charge < -0.3 is 0 Å². The molecule has 0 nitrogen and oxygen atoms in total. The quantitative estimate of drug-likeness (QED) is 0.482. The Labute approximate surface area is 64.0 Å². The summed E-state index contributed by atoms with van der Waals surface area (Å²) >= 11 is 0. The topological polar surface area (TPSA) is 0 Å². The SMILES string of the molecule is C[C@@H]1CCC2(CC2)C[C@H]1C. The molecule has 2 rings (SSSR count). The molecule has 0 amide bonds. The summed E-state index contributed by atoms with van der Waals surface area (Å²) < 4.78 is 0. The second-order valence-electron chi connectivity index (χ2n) is 4.70. The van der Waals surface area contributed by atoms with Crippen LogP contribution in [0, 0.1) is 17.3 Å². The van der Waals surface area contributed by atoms with E-state index in [4.69, 9.17) is 0 Å². The fourth-order valence-corrected chi connectivity index (χ4v) is 2.44. The van der Waals surface area contributed by atoms with Gasteiger partial charge in [0.1, 0.15) is 0 Å². The highest BCUT2D eigenvalue weighted by Crippen LogP contribution is 2.58. The number of hydrogen-bond acceptors (Lipinski definition) is 0. The van der Waals surface area contributed by atoms with E-state index in [1.165, 1.54) is 12.8 Å². The van der Waals surface area contributed by atoms with Crippen LogP contribution in [-0.2, 0) is 0 Å². The van der Waals surface area contributed by atoms with Gasteiger partial charge in [-0.25, -0.2) is 0 Å². The maximum Gasteiger partial charge on any atom is -0.0294 e. The number of rotatable bonds is 0. The molecule has 2 fully saturated rings. The highest BCUT2D eigenvalue weighted by atomic mass is 14.5. The molecule has 58 valence electrons. The van der Waals surface area contributed by atoms with Crippen LogP contribution in [-0.4, -0.2) is 0 Å². The Hall–Kier alpha value is 0. The summed E-state index contributed by atoms with van der Waals surface area (Å²) in [4.78, 5) is 0. The molecule has 0 saturated heterocycles. The Bertz CT molecular complexity index is 133. The zero-order valence-electron chi connectivity index (χ0n) is 7.19. The highest BCUT2D eigenvalue weighted by Gasteiger charge is 2.46. The van der Waals surface area contributed by atoms with Crippen molar-refractivity contribution in [3.63, 3.8) is 0 Å². The summed E-state index contributed by atoms with van der Waals surface area (Å²) in [6, 6.07) is 0. The maximum atomic E-state index is 2.43. The molecule has 2 saturated carbocycles. The van der Waals surface area contributed by atoms with Gasteiger partial charge in [-0.3, -0.25) is 0 Å². The Balaban J connectivity index is 1.98. The lowest BCUT2D eigenvalue weighted by molar-refractivity contribution is 0.192. The van der Waals surface area contributed by atoms with Crippen LogP contribution in [0.1, 0.15) is 46.0 Å². The van der Waals surface area contributed by atoms with Crippen LogP contribution >= 0.6 is 0 Å². The molecule has 0 radical (unpaired) electrons. The predicted octanol–water partition coefficient (Wildman–Crippen LogP) is 3.22. The van der Waals surface area contributed by atoms with Crippen LogP contribution in [0.3, 0.4) is 0 Å². The van der Waals surface area contributed by atoms with Crippen molar-refractivity contribution in [3.05, 3.63) is 0 Å². The van der Waals surface area contributed by atoms with Gasteiger partial charge in [0.2, 0.25) is 0 Å². The van der Waals surface area contributed by atoms with E-state index >= 15 is 0 Å². The van der Waals surface area contributed by atoms with Crippen molar-refractivity contribution < 1.29 is 0 Å². The third-order valence-electron chi connectivity index (χ3n) is 3.81. The van der Waals surface area contributed by atoms with Gasteiger partial charge in [-0.05, 0) is 49.4 Å². The van der Waals surface area contributed by atoms with Gasteiger partial charge in [-0.1, -0.05) is 13.8 Å². The summed E-state index contributed by atoms with van der Waals surface area (Å²) in [6.45, 7) is 4.85. The highest BCUT2D eigenvalue weighted by molar-refractivity contribution is 4.97. The predicted molar refractivity (Wildman–Crippen MR) is 43.8 cm³/mol. The molecule has 0 aliphatic heterocycles. The molecule has 2 aliphatic carbocycles. The van der Waals surface area contributed by atoms with Gasteiger partial charge in [0.25, 0.3) is 0 Å². The van der Waals surface area contributed by atoms with E-state index in [-0.39, 0.29) is 0 Å². The lowest BCUT2D eigenvalue weighted by atomic mass is 9.74. The second kappa shape index (κ2) is 1.99. The molecule has 10 heavy (non-hydrogen) atoms. The smallest absolute Gasteiger partial charge is 0.0294 e. The third-order valence-corrected chi connectivity index (χ3v) is 3.81. The van der Waals surface area contributed by atoms with E-state index < -0.39 is 0 Å². The molecule has 0 unspecified atom stereocenters. The fourth-order valence-electron chi connectivity index (χ4n) is 2.44. The Morgan fingerprint density at radius 3 is 2.20 bits per heavy atom. The molecule has 0 N–H and O–H groups in total. The average molecular weight is 138 g/mol. The molecule has 0 aromatic heterocycles. The van der Waals surface area contributed by atoms with Crippen molar-refractivity contribution in [2.45, 2.75) is 46.0 Å². The lowest BCUT2D eigenvalue weighted by Crippen LogP contribution is -2.21. The largest absolute Gasteiger partial charge is 0.0623 e. The van der Waals surface area contributed by atoms with Crippen molar-refractivity contribution in [2.75, 3.05) is 0 Å². The van der Waals surface area contributed by atoms with Crippen molar-refractivity contribution in [3.8, 4) is 0 Å². The summed E-state index contributed by atoms with van der Waals surface area (Å²) in [6.07, 6.45) is 7.67. The minimum Gasteiger partial charge on any atom is -0.0623 e. The molecule has 0 heterocycles. The van der Waals surface area contributed by atoms with E-state index in [2.05, 4.69) is 13.8 Å². The molecule has 0 aromatic carbocycles. The van der Waals surface area contributed by atoms with Crippen LogP contribution in [0.5, 0.6) is 0 Å². The van der Waals surface area contributed by atoms with Crippen molar-refractivity contribution >= 4 is 0 Å². The van der Waals surface area contributed by atoms with Crippen molar-refractivity contribution in [2.24, 2.45) is 17.3 Å². The molecule has 2 aliphatic rings. The van der Waals surface area contributed by atoms with E-state index in [1.807, 2.05) is 0 Å². The van der Waals surface area contributed by atoms with E-state index in [9.17, 15) is 0 Å². The molecule has 1 spiro atoms. The maximum absolute atomic E-state index is 2.43. The summed E-state index contributed by atoms with van der Waals surface area (Å²) in [5, 5.41) is 0. The molecule has 0 heteroatoms. The lowest BCUT2D eigenvalue weighted by Gasteiger charge is -2.32. The molecular formula is C10H18. The van der Waals surface area contributed by atoms with E-state index in [0.717, 1.165) is 17.3 Å². The standard InChI is InChI=1S/C10H18/c1-8-3-4-10(5-6-10)7-9(8)2/h8-9H,3-7H2,1-2H3/t8-,9-/m1/s1. The van der Waals surface area contributed by atoms with Gasteiger partial charge in [0.15, 0.2) is 0 Å². The van der Waals surface area contributed by atoms with Crippen LogP contribution in [0.4, 0.5) is 0 Å². The normalized spacial score (nSPS) is 43.8. The van der Waals surface area contributed by atoms with Gasteiger partial charge in [0.05, 0.1) is 0 Å². The van der Waals surface area contributed by atoms with E-state index in [0.29, 0.717) is 0 Å². The minimum absolute atomic E-state index is 0.881. The summed E-state index contributed by atoms with van der Waals surface area (Å²) in [5.41, 5.74) is 0.881. The molecule has 0 aromatic rings. The zero-order chi connectivity index (χ0) is 7.19. The third kappa shape index (κ3) is 0.980. The first-order valence-corrected chi connectivity index (χ1v) is 4.72. The van der Waals surface area contributed by atoms with Gasteiger partial charge in [0, 0.05) is 0 Å². The molecular weight excluding hydrogens is 120 g/mol. The average Bonchev–Trinajstić information content (AvgIpc) is 2.62. The zero-order valence-corrected chi connectivity index (χ0v) is 7.19. The van der Waals surface area contributed by atoms with Gasteiger partial charge >= 0.3 is 0 Å². The molecule has 2 atom stereocenters. The number of hydrogen-bond donors (Lipinski definition) is 0. The minimum atomic E-state index is 0.881. The van der Waals surface area contributed by atoms with E-state index in [1.54, 1.807) is 19.3 Å². The Morgan fingerprint density at radius 1 is 1.00 bits per heavy atom. The van der Waals surface area contributed by atoms with Crippen LogP contribution in [0.2, 0.25) is 0 Å². The van der Waals surface area contributed by atoms with Crippen molar-refractivity contribution in [1.82, 2.24) is 0 Å². The molecule has 0 bridgehead atoms. The van der Waals surface area contributed by atoms with Gasteiger partial charge in [-0.2, -0.15) is 0 Å². The Morgan fingerprint density at radius 2 is 1.70 bits per heavy atom. The van der Waals surface area contributed by atoms with Crippen molar-refractivity contribution in [1.29, 1.82) is 0 Å². The monoisotopic (exact) mass is 138 g/mol. The first-order chi connectivity index (χ1) is 4.72. The van der Waals surface area contributed by atoms with Gasteiger partial charge in [-0.15, -0.1) is 0 Å². The van der Waals surface area contributed by atoms with Crippen LogP contribution < -0.4 is 0 Å². The van der Waals surface area contributed by atoms with Crippen LogP contribution in [0.25, 0.3) is 0 Å². The Kier molecular flexibility index (Phi) is 1.33. The second-order valence-corrected chi connectivity index (χ2v) is 4.70. The fraction of sp³-hybridized carbons (Fsp3) is 1.00. The van der Waals surface area contributed by atoms with Crippen LogP contribution in [0.15, 0.2) is 0 Å². The first kappa shape index (κ1) is 6.69. The summed E-state index contributed by atoms with van der Waals surface area (Å²) in [7, 11) is 0. The summed E-state index contributed by atoms with van der Waals surface area (Å²) in [5.74, 6) is 2.02.